The molecule has 2 aromatic heterocycles. The van der Waals surface area contributed by atoms with Gasteiger partial charge in [0.25, 0.3) is 0 Å². The molecule has 3 aliphatic rings. The summed E-state index contributed by atoms with van der Waals surface area (Å²) in [5.74, 6) is 0.791. The van der Waals surface area contributed by atoms with Crippen molar-refractivity contribution in [1.82, 2.24) is 19.4 Å². The number of fused-ring (bicyclic) bond motifs is 3. The number of carbonyl (C=O) groups excluding carboxylic acids is 2. The van der Waals surface area contributed by atoms with Crippen LogP contribution in [0, 0.1) is 0 Å². The number of rotatable bonds is 3. The van der Waals surface area contributed by atoms with Gasteiger partial charge in [0.1, 0.15) is 17.2 Å². The third kappa shape index (κ3) is 4.35. The van der Waals surface area contributed by atoms with Gasteiger partial charge in [0, 0.05) is 68.5 Å². The first-order valence-corrected chi connectivity index (χ1v) is 11.6. The summed E-state index contributed by atoms with van der Waals surface area (Å²) in [5.41, 5.74) is 0.153. The second kappa shape index (κ2) is 8.59. The van der Waals surface area contributed by atoms with E-state index in [0.29, 0.717) is 50.5 Å². The van der Waals surface area contributed by atoms with Gasteiger partial charge in [-0.25, -0.2) is 14.8 Å². The van der Waals surface area contributed by atoms with Crippen molar-refractivity contribution in [3.05, 3.63) is 41.6 Å². The molecule has 1 unspecified atom stereocenters. The molecule has 1 N–H and O–H groups in total. The van der Waals surface area contributed by atoms with Crippen molar-refractivity contribution in [1.29, 1.82) is 0 Å². The monoisotopic (exact) mass is 477 g/mol. The number of pyridine rings is 1. The smallest absolute Gasteiger partial charge is 0.413 e. The molecular weight excluding hydrogens is 451 g/mol. The molecule has 0 bridgehead atoms. The molecule has 5 rings (SSSR count). The number of hydrogen-bond acceptors (Lipinski definition) is 5. The Kier molecular flexibility index (Phi) is 5.73. The van der Waals surface area contributed by atoms with E-state index >= 15 is 0 Å². The van der Waals surface area contributed by atoms with Crippen LogP contribution in [0.3, 0.4) is 0 Å². The fourth-order valence-corrected chi connectivity index (χ4v) is 5.40. The van der Waals surface area contributed by atoms with Crippen molar-refractivity contribution in [3.8, 4) is 0 Å². The van der Waals surface area contributed by atoms with Gasteiger partial charge >= 0.3 is 12.3 Å². The number of alkyl halides is 3. The maximum atomic E-state index is 13.2. The van der Waals surface area contributed by atoms with Crippen molar-refractivity contribution < 1.29 is 27.5 Å². The first kappa shape index (κ1) is 22.7. The van der Waals surface area contributed by atoms with Crippen LogP contribution in [0.4, 0.5) is 23.8 Å². The molecule has 1 fully saturated rings. The SMILES string of the molecule is O=C1Nc2ncccc2C2(CCN(C(=O)CC3CCCCn4c(CC(F)(F)F)cnc43)CC2)O1. The van der Waals surface area contributed by atoms with Gasteiger partial charge in [-0.2, -0.15) is 13.2 Å². The average molecular weight is 477 g/mol. The summed E-state index contributed by atoms with van der Waals surface area (Å²) in [5, 5.41) is 2.62. The van der Waals surface area contributed by atoms with Crippen LogP contribution in [0.1, 0.15) is 61.5 Å². The molecule has 0 aromatic carbocycles. The highest BCUT2D eigenvalue weighted by atomic mass is 19.4. The fraction of sp³-hybridized carbons (Fsp3) is 0.565. The number of hydrogen-bond donors (Lipinski definition) is 1. The van der Waals surface area contributed by atoms with Crippen molar-refractivity contribution in [2.75, 3.05) is 18.4 Å². The lowest BCUT2D eigenvalue weighted by atomic mass is 9.83. The molecule has 0 saturated carbocycles. The lowest BCUT2D eigenvalue weighted by Crippen LogP contribution is -2.50. The number of likely N-dealkylation sites (tertiary alicyclic amines) is 1. The third-order valence-electron chi connectivity index (χ3n) is 7.05. The molecule has 11 heteroatoms. The number of carbonyl (C=O) groups is 2. The van der Waals surface area contributed by atoms with Gasteiger partial charge in [0.15, 0.2) is 0 Å². The summed E-state index contributed by atoms with van der Waals surface area (Å²) in [6.45, 7) is 1.33. The van der Waals surface area contributed by atoms with Crippen LogP contribution in [-0.4, -0.2) is 50.7 Å². The number of nitrogens with one attached hydrogen (secondary N) is 1. The number of imidazole rings is 1. The van der Waals surface area contributed by atoms with Crippen molar-refractivity contribution in [3.63, 3.8) is 0 Å². The lowest BCUT2D eigenvalue weighted by molar-refractivity contribution is -0.136. The summed E-state index contributed by atoms with van der Waals surface area (Å²) < 4.78 is 46.2. The minimum atomic E-state index is -4.30. The number of piperidine rings is 1. The van der Waals surface area contributed by atoms with Gasteiger partial charge in [-0.1, -0.05) is 6.42 Å². The highest BCUT2D eigenvalue weighted by molar-refractivity contribution is 5.87. The summed E-state index contributed by atoms with van der Waals surface area (Å²) in [6, 6.07) is 3.67. The Labute approximate surface area is 194 Å². The predicted molar refractivity (Wildman–Crippen MR) is 115 cm³/mol. The maximum Gasteiger partial charge on any atom is 0.413 e. The molecular formula is C23H26F3N5O3. The molecule has 0 radical (unpaired) electrons. The quantitative estimate of drug-likeness (QED) is 0.719. The van der Waals surface area contributed by atoms with Gasteiger partial charge in [-0.05, 0) is 25.0 Å². The van der Waals surface area contributed by atoms with E-state index in [4.69, 9.17) is 4.74 Å². The van der Waals surface area contributed by atoms with Crippen LogP contribution in [-0.2, 0) is 28.1 Å². The molecule has 1 spiro atoms. The second-order valence-electron chi connectivity index (χ2n) is 9.24. The summed E-state index contributed by atoms with van der Waals surface area (Å²) in [6.07, 6.45) is 0.471. The van der Waals surface area contributed by atoms with Crippen molar-refractivity contribution in [2.24, 2.45) is 0 Å². The number of nitrogens with zero attached hydrogens (tertiary/aromatic N) is 4. The summed E-state index contributed by atoms with van der Waals surface area (Å²) in [7, 11) is 0. The highest BCUT2D eigenvalue weighted by Gasteiger charge is 2.45. The summed E-state index contributed by atoms with van der Waals surface area (Å²) >= 11 is 0. The van der Waals surface area contributed by atoms with Crippen LogP contribution >= 0.6 is 0 Å². The minimum absolute atomic E-state index is 0.0552. The minimum Gasteiger partial charge on any atom is -0.437 e. The van der Waals surface area contributed by atoms with E-state index in [0.717, 1.165) is 18.4 Å². The molecule has 1 atom stereocenters. The van der Waals surface area contributed by atoms with E-state index in [2.05, 4.69) is 15.3 Å². The van der Waals surface area contributed by atoms with Gasteiger partial charge < -0.3 is 14.2 Å². The van der Waals surface area contributed by atoms with E-state index < -0.39 is 24.3 Å². The second-order valence-corrected chi connectivity index (χ2v) is 9.24. The van der Waals surface area contributed by atoms with Gasteiger partial charge in [-0.15, -0.1) is 0 Å². The zero-order valence-electron chi connectivity index (χ0n) is 18.6. The number of ether oxygens (including phenoxy) is 1. The number of aromatic nitrogens is 3. The molecule has 8 nitrogen and oxygen atoms in total. The largest absolute Gasteiger partial charge is 0.437 e. The summed E-state index contributed by atoms with van der Waals surface area (Å²) in [4.78, 5) is 35.6. The fourth-order valence-electron chi connectivity index (χ4n) is 5.40. The molecule has 3 aliphatic heterocycles. The first-order chi connectivity index (χ1) is 16.2. The zero-order valence-corrected chi connectivity index (χ0v) is 18.6. The molecule has 1 saturated heterocycles. The van der Waals surface area contributed by atoms with Crippen LogP contribution < -0.4 is 5.32 Å². The van der Waals surface area contributed by atoms with E-state index in [-0.39, 0.29) is 23.9 Å². The standard InChI is InChI=1S/C23H26F3N5O3/c24-23(25,26)13-16-14-28-20-15(4-1-2-9-31(16)20)12-18(32)30-10-6-22(7-11-30)17-5-3-8-27-19(17)29-21(33)34-22/h3,5,8,14-15H,1-2,4,6-7,9-13H2,(H,27,29,33). The number of amides is 2. The Morgan fingerprint density at radius 3 is 2.76 bits per heavy atom. The molecule has 0 aliphatic carbocycles. The number of anilines is 1. The van der Waals surface area contributed by atoms with Crippen LogP contribution in [0.2, 0.25) is 0 Å². The molecule has 2 aromatic rings. The normalized spacial score (nSPS) is 21.8. The topological polar surface area (TPSA) is 89.4 Å². The van der Waals surface area contributed by atoms with Crippen molar-refractivity contribution >= 4 is 17.8 Å². The molecule has 5 heterocycles. The van der Waals surface area contributed by atoms with E-state index in [1.807, 2.05) is 6.07 Å². The van der Waals surface area contributed by atoms with Crippen LogP contribution in [0.25, 0.3) is 0 Å². The molecule has 182 valence electrons. The van der Waals surface area contributed by atoms with Crippen LogP contribution in [0.5, 0.6) is 0 Å². The van der Waals surface area contributed by atoms with E-state index in [9.17, 15) is 22.8 Å². The predicted octanol–water partition coefficient (Wildman–Crippen LogP) is 4.12. The van der Waals surface area contributed by atoms with Gasteiger partial charge in [0.05, 0.1) is 6.42 Å². The molecule has 34 heavy (non-hydrogen) atoms. The first-order valence-electron chi connectivity index (χ1n) is 11.6. The Balaban J connectivity index is 1.28. The number of halogens is 3. The molecule has 2 amide bonds. The van der Waals surface area contributed by atoms with Gasteiger partial charge in [0.2, 0.25) is 5.91 Å². The third-order valence-corrected chi connectivity index (χ3v) is 7.05. The zero-order chi connectivity index (χ0) is 23.9. The highest BCUT2D eigenvalue weighted by Crippen LogP contribution is 2.43. The maximum absolute atomic E-state index is 13.2. The lowest BCUT2D eigenvalue weighted by Gasteiger charge is -2.43. The Morgan fingerprint density at radius 1 is 1.21 bits per heavy atom. The van der Waals surface area contributed by atoms with Crippen molar-refractivity contribution in [2.45, 2.75) is 69.2 Å². The Hall–Kier alpha value is -3.11. The Bertz CT molecular complexity index is 1090. The van der Waals surface area contributed by atoms with Gasteiger partial charge in [-0.3, -0.25) is 10.1 Å². The van der Waals surface area contributed by atoms with E-state index in [1.54, 1.807) is 21.7 Å². The Morgan fingerprint density at radius 2 is 2.00 bits per heavy atom. The average Bonchev–Trinajstić information content (AvgIpc) is 3.05. The van der Waals surface area contributed by atoms with Crippen LogP contribution in [0.15, 0.2) is 24.5 Å². The van der Waals surface area contributed by atoms with E-state index in [1.165, 1.54) is 6.20 Å².